The Morgan fingerprint density at radius 1 is 1.21 bits per heavy atom. The second-order valence-corrected chi connectivity index (χ2v) is 7.83. The number of hydrogen-bond donors (Lipinski definition) is 1. The number of carbonyl (C=O) groups excluding carboxylic acids is 1. The van der Waals surface area contributed by atoms with Gasteiger partial charge in [0.25, 0.3) is 5.91 Å². The first kappa shape index (κ1) is 21.5. The van der Waals surface area contributed by atoms with Crippen molar-refractivity contribution in [3.8, 4) is 5.75 Å². The Kier molecular flexibility index (Phi) is 7.18. The zero-order chi connectivity index (χ0) is 20.7. The van der Waals surface area contributed by atoms with Gasteiger partial charge in [-0.15, -0.1) is 0 Å². The first-order valence-corrected chi connectivity index (χ1v) is 9.53. The Labute approximate surface area is 161 Å². The first-order valence-electron chi connectivity index (χ1n) is 8.09. The van der Waals surface area contributed by atoms with Gasteiger partial charge in [-0.1, -0.05) is 29.8 Å². The number of rotatable bonds is 8. The van der Waals surface area contributed by atoms with E-state index >= 15 is 0 Å². The molecule has 0 unspecified atom stereocenters. The molecule has 0 spiro atoms. The van der Waals surface area contributed by atoms with Crippen molar-refractivity contribution >= 4 is 22.1 Å². The van der Waals surface area contributed by atoms with Crippen LogP contribution in [0.15, 0.2) is 58.5 Å². The van der Waals surface area contributed by atoms with Crippen molar-refractivity contribution in [1.82, 2.24) is 9.73 Å². The van der Waals surface area contributed by atoms with Gasteiger partial charge in [0.15, 0.2) is 0 Å². The van der Waals surface area contributed by atoms with Crippen LogP contribution in [0.5, 0.6) is 5.75 Å². The number of aryl methyl sites for hydroxylation is 1. The number of sulfonamides is 1. The number of carbonyl (C=O) groups is 1. The van der Waals surface area contributed by atoms with Gasteiger partial charge < -0.3 is 4.74 Å². The van der Waals surface area contributed by atoms with Crippen LogP contribution < -0.4 is 10.2 Å². The molecule has 2 aromatic rings. The van der Waals surface area contributed by atoms with Crippen molar-refractivity contribution < 1.29 is 26.7 Å². The fraction of sp³-hybridized carbons (Fsp3) is 0.222. The standard InChI is InChI=1S/C18H19F2N3O4S/c1-13-7-9-15(10-8-13)28(25,26)23(2)12-17(24)22-21-11-14-5-3-4-6-16(14)27-18(19)20/h3-11,18H,12H2,1-2H3,(H,22,24)/b21-11-. The van der Waals surface area contributed by atoms with Crippen molar-refractivity contribution in [2.45, 2.75) is 18.4 Å². The van der Waals surface area contributed by atoms with Gasteiger partial charge >= 0.3 is 6.61 Å². The summed E-state index contributed by atoms with van der Waals surface area (Å²) in [5, 5.41) is 3.66. The number of ether oxygens (including phenoxy) is 1. The zero-order valence-corrected chi connectivity index (χ0v) is 16.0. The van der Waals surface area contributed by atoms with Crippen LogP contribution in [0.25, 0.3) is 0 Å². The quantitative estimate of drug-likeness (QED) is 0.534. The molecular weight excluding hydrogens is 392 g/mol. The van der Waals surface area contributed by atoms with E-state index in [4.69, 9.17) is 0 Å². The first-order chi connectivity index (χ1) is 13.2. The summed E-state index contributed by atoms with van der Waals surface area (Å²) in [6.45, 7) is -1.64. The molecular formula is C18H19F2N3O4S. The predicted octanol–water partition coefficient (Wildman–Crippen LogP) is 2.37. The molecule has 2 aromatic carbocycles. The number of halogens is 2. The Morgan fingerprint density at radius 3 is 2.50 bits per heavy atom. The summed E-state index contributed by atoms with van der Waals surface area (Å²) in [6.07, 6.45) is 1.13. The van der Waals surface area contributed by atoms with Crippen molar-refractivity contribution in [2.24, 2.45) is 5.10 Å². The van der Waals surface area contributed by atoms with Crippen LogP contribution in [-0.4, -0.2) is 45.0 Å². The lowest BCUT2D eigenvalue weighted by Crippen LogP contribution is -2.36. The maximum absolute atomic E-state index is 12.4. The second-order valence-electron chi connectivity index (χ2n) is 5.78. The molecule has 150 valence electrons. The van der Waals surface area contributed by atoms with Crippen LogP contribution in [-0.2, 0) is 14.8 Å². The third-order valence-electron chi connectivity index (χ3n) is 3.62. The lowest BCUT2D eigenvalue weighted by molar-refractivity contribution is -0.121. The Balaban J connectivity index is 1.99. The molecule has 7 nitrogen and oxygen atoms in total. The number of benzene rings is 2. The lowest BCUT2D eigenvalue weighted by Gasteiger charge is -2.16. The molecule has 0 bridgehead atoms. The summed E-state index contributed by atoms with van der Waals surface area (Å²) in [6, 6.07) is 12.1. The Hall–Kier alpha value is -2.85. The molecule has 0 radical (unpaired) electrons. The van der Waals surface area contributed by atoms with Gasteiger partial charge in [-0.2, -0.15) is 18.2 Å². The molecule has 0 saturated carbocycles. The Morgan fingerprint density at radius 2 is 1.86 bits per heavy atom. The van der Waals surface area contributed by atoms with Gasteiger partial charge in [0.2, 0.25) is 10.0 Å². The third kappa shape index (κ3) is 5.83. The molecule has 10 heteroatoms. The highest BCUT2D eigenvalue weighted by Gasteiger charge is 2.22. The number of hydrogen-bond acceptors (Lipinski definition) is 5. The van der Waals surface area contributed by atoms with E-state index in [1.807, 2.05) is 6.92 Å². The lowest BCUT2D eigenvalue weighted by atomic mass is 10.2. The maximum Gasteiger partial charge on any atom is 0.387 e. The minimum absolute atomic E-state index is 0.0648. The fourth-order valence-electron chi connectivity index (χ4n) is 2.18. The summed E-state index contributed by atoms with van der Waals surface area (Å²) >= 11 is 0. The molecule has 0 aliphatic heterocycles. The summed E-state index contributed by atoms with van der Waals surface area (Å²) < 4.78 is 54.9. The highest BCUT2D eigenvalue weighted by molar-refractivity contribution is 7.89. The smallest absolute Gasteiger partial charge is 0.387 e. The van der Waals surface area contributed by atoms with Crippen molar-refractivity contribution in [3.63, 3.8) is 0 Å². The number of para-hydroxylation sites is 1. The molecule has 28 heavy (non-hydrogen) atoms. The molecule has 0 aromatic heterocycles. The van der Waals surface area contributed by atoms with Crippen LogP contribution in [0.1, 0.15) is 11.1 Å². The Bertz CT molecular complexity index is 948. The van der Waals surface area contributed by atoms with Gasteiger partial charge in [-0.3, -0.25) is 4.79 Å². The molecule has 0 atom stereocenters. The van der Waals surface area contributed by atoms with Gasteiger partial charge in [0, 0.05) is 12.6 Å². The van der Waals surface area contributed by atoms with E-state index in [0.29, 0.717) is 0 Å². The second kappa shape index (κ2) is 9.38. The average Bonchev–Trinajstić information content (AvgIpc) is 2.63. The average molecular weight is 411 g/mol. The largest absolute Gasteiger partial charge is 0.434 e. The summed E-state index contributed by atoms with van der Waals surface area (Å²) in [4.78, 5) is 12.0. The number of likely N-dealkylation sites (N-methyl/N-ethyl adjacent to an activating group) is 1. The summed E-state index contributed by atoms with van der Waals surface area (Å²) in [5.74, 6) is -0.795. The zero-order valence-electron chi connectivity index (χ0n) is 15.2. The van der Waals surface area contributed by atoms with Crippen LogP contribution >= 0.6 is 0 Å². The van der Waals surface area contributed by atoms with Crippen LogP contribution in [0.4, 0.5) is 8.78 Å². The molecule has 0 aliphatic rings. The van der Waals surface area contributed by atoms with E-state index in [2.05, 4.69) is 15.3 Å². The molecule has 0 aliphatic carbocycles. The molecule has 2 rings (SSSR count). The van der Waals surface area contributed by atoms with E-state index < -0.39 is 29.1 Å². The number of nitrogens with zero attached hydrogens (tertiary/aromatic N) is 2. The van der Waals surface area contributed by atoms with Gasteiger partial charge in [-0.25, -0.2) is 13.8 Å². The molecule has 0 heterocycles. The minimum Gasteiger partial charge on any atom is -0.434 e. The maximum atomic E-state index is 12.4. The monoisotopic (exact) mass is 411 g/mol. The van der Waals surface area contributed by atoms with Crippen molar-refractivity contribution in [3.05, 3.63) is 59.7 Å². The van der Waals surface area contributed by atoms with E-state index in [1.165, 1.54) is 37.4 Å². The molecule has 1 N–H and O–H groups in total. The van der Waals surface area contributed by atoms with E-state index in [1.54, 1.807) is 18.2 Å². The number of alkyl halides is 2. The summed E-state index contributed by atoms with van der Waals surface area (Å²) in [5.41, 5.74) is 3.29. The number of nitrogens with one attached hydrogen (secondary N) is 1. The van der Waals surface area contributed by atoms with Gasteiger partial charge in [-0.05, 0) is 31.2 Å². The SMILES string of the molecule is Cc1ccc(S(=O)(=O)N(C)CC(=O)N/N=C\c2ccccc2OC(F)F)cc1. The summed E-state index contributed by atoms with van der Waals surface area (Å²) in [7, 11) is -2.56. The van der Waals surface area contributed by atoms with Crippen LogP contribution in [0.2, 0.25) is 0 Å². The van der Waals surface area contributed by atoms with E-state index in [0.717, 1.165) is 16.1 Å². The highest BCUT2D eigenvalue weighted by atomic mass is 32.2. The predicted molar refractivity (Wildman–Crippen MR) is 99.8 cm³/mol. The van der Waals surface area contributed by atoms with Gasteiger partial charge in [0.05, 0.1) is 17.7 Å². The molecule has 1 amide bonds. The topological polar surface area (TPSA) is 88.1 Å². The van der Waals surface area contributed by atoms with Crippen molar-refractivity contribution in [1.29, 1.82) is 0 Å². The van der Waals surface area contributed by atoms with Crippen LogP contribution in [0, 0.1) is 6.92 Å². The van der Waals surface area contributed by atoms with Crippen LogP contribution in [0.3, 0.4) is 0 Å². The fourth-order valence-corrected chi connectivity index (χ4v) is 3.30. The molecule has 0 saturated heterocycles. The van der Waals surface area contributed by atoms with Gasteiger partial charge in [0.1, 0.15) is 5.75 Å². The minimum atomic E-state index is -3.83. The molecule has 0 fully saturated rings. The van der Waals surface area contributed by atoms with Crippen molar-refractivity contribution in [2.75, 3.05) is 13.6 Å². The normalized spacial score (nSPS) is 11.9. The van der Waals surface area contributed by atoms with E-state index in [9.17, 15) is 22.0 Å². The van der Waals surface area contributed by atoms with E-state index in [-0.39, 0.29) is 16.2 Å². The highest BCUT2D eigenvalue weighted by Crippen LogP contribution is 2.18. The third-order valence-corrected chi connectivity index (χ3v) is 5.44. The number of hydrazone groups is 1. The number of amides is 1.